The molecule has 0 saturated heterocycles. The third-order valence-corrected chi connectivity index (χ3v) is 4.49. The van der Waals surface area contributed by atoms with E-state index in [2.05, 4.69) is 37.8 Å². The van der Waals surface area contributed by atoms with E-state index in [0.717, 1.165) is 23.8 Å². The minimum atomic E-state index is -0.263. The van der Waals surface area contributed by atoms with Crippen molar-refractivity contribution in [1.29, 1.82) is 0 Å². The summed E-state index contributed by atoms with van der Waals surface area (Å²) in [5.74, 6) is 0.803. The zero-order chi connectivity index (χ0) is 18.9. The highest BCUT2D eigenvalue weighted by molar-refractivity contribution is 7.07. The van der Waals surface area contributed by atoms with E-state index in [9.17, 15) is 4.79 Å². The van der Waals surface area contributed by atoms with Gasteiger partial charge in [0.05, 0.1) is 12.8 Å². The fourth-order valence-corrected chi connectivity index (χ4v) is 3.05. The van der Waals surface area contributed by atoms with Gasteiger partial charge in [-0.2, -0.15) is 11.3 Å². The van der Waals surface area contributed by atoms with Crippen molar-refractivity contribution < 1.29 is 9.21 Å². The van der Waals surface area contributed by atoms with Crippen LogP contribution in [0.5, 0.6) is 0 Å². The molecule has 3 aromatic rings. The smallest absolute Gasteiger partial charge is 0.291 e. The number of hydrogen-bond acceptors (Lipinski definition) is 4. The number of guanidine groups is 1. The summed E-state index contributed by atoms with van der Waals surface area (Å²) in [7, 11) is 0. The third-order valence-electron chi connectivity index (χ3n) is 3.76. The summed E-state index contributed by atoms with van der Waals surface area (Å²) in [6.07, 6.45) is 1.48. The van der Waals surface area contributed by atoms with Crippen LogP contribution < -0.4 is 16.0 Å². The molecule has 27 heavy (non-hydrogen) atoms. The Balaban J connectivity index is 1.53. The van der Waals surface area contributed by atoms with Crippen LogP contribution in [0.3, 0.4) is 0 Å². The minimum absolute atomic E-state index is 0.263. The molecule has 2 aromatic heterocycles. The SMILES string of the molecule is CCNC(=NCc1ccsc1)NCc1ccc(NC(=O)c2ccco2)cc1. The van der Waals surface area contributed by atoms with Crippen molar-refractivity contribution >= 4 is 28.9 Å². The Morgan fingerprint density at radius 2 is 1.96 bits per heavy atom. The summed E-state index contributed by atoms with van der Waals surface area (Å²) in [6, 6.07) is 13.1. The number of anilines is 1. The average Bonchev–Trinajstić information content (AvgIpc) is 3.39. The van der Waals surface area contributed by atoms with Gasteiger partial charge in [-0.25, -0.2) is 4.99 Å². The Morgan fingerprint density at radius 1 is 1.11 bits per heavy atom. The van der Waals surface area contributed by atoms with Gasteiger partial charge in [0, 0.05) is 18.8 Å². The number of thiophene rings is 1. The molecule has 0 saturated carbocycles. The lowest BCUT2D eigenvalue weighted by molar-refractivity contribution is 0.0996. The lowest BCUT2D eigenvalue weighted by Crippen LogP contribution is -2.36. The molecule has 0 aliphatic carbocycles. The van der Waals surface area contributed by atoms with Gasteiger partial charge in [-0.15, -0.1) is 0 Å². The van der Waals surface area contributed by atoms with Crippen molar-refractivity contribution in [3.05, 3.63) is 76.4 Å². The minimum Gasteiger partial charge on any atom is -0.459 e. The fraction of sp³-hybridized carbons (Fsp3) is 0.200. The van der Waals surface area contributed by atoms with Crippen LogP contribution in [0.4, 0.5) is 5.69 Å². The quantitative estimate of drug-likeness (QED) is 0.428. The lowest BCUT2D eigenvalue weighted by atomic mass is 10.2. The van der Waals surface area contributed by atoms with Crippen LogP contribution in [0.15, 0.2) is 68.9 Å². The maximum Gasteiger partial charge on any atom is 0.291 e. The number of benzene rings is 1. The molecule has 3 rings (SSSR count). The molecule has 1 amide bonds. The number of rotatable bonds is 7. The van der Waals surface area contributed by atoms with Crippen molar-refractivity contribution in [1.82, 2.24) is 10.6 Å². The highest BCUT2D eigenvalue weighted by Gasteiger charge is 2.08. The summed E-state index contributed by atoms with van der Waals surface area (Å²) in [5.41, 5.74) is 3.01. The molecule has 7 heteroatoms. The first-order chi connectivity index (χ1) is 13.2. The molecule has 0 atom stereocenters. The van der Waals surface area contributed by atoms with Gasteiger partial charge in [0.2, 0.25) is 0 Å². The van der Waals surface area contributed by atoms with Crippen molar-refractivity contribution in [3.8, 4) is 0 Å². The number of nitrogens with zero attached hydrogens (tertiary/aromatic N) is 1. The number of nitrogens with one attached hydrogen (secondary N) is 3. The van der Waals surface area contributed by atoms with Crippen LogP contribution in [0.1, 0.15) is 28.6 Å². The zero-order valence-corrected chi connectivity index (χ0v) is 15.9. The van der Waals surface area contributed by atoms with E-state index in [-0.39, 0.29) is 11.7 Å². The first-order valence-corrected chi connectivity index (χ1v) is 9.66. The summed E-state index contributed by atoms with van der Waals surface area (Å²) in [4.78, 5) is 16.6. The molecule has 0 aliphatic rings. The second-order valence-electron chi connectivity index (χ2n) is 5.81. The fourth-order valence-electron chi connectivity index (χ4n) is 2.39. The Bertz CT molecular complexity index is 856. The molecule has 3 N–H and O–H groups in total. The maximum absolute atomic E-state index is 12.0. The molecule has 140 valence electrons. The molecule has 1 aromatic carbocycles. The van der Waals surface area contributed by atoms with Gasteiger partial charge in [0.25, 0.3) is 5.91 Å². The van der Waals surface area contributed by atoms with Crippen LogP contribution >= 0.6 is 11.3 Å². The Labute approximate surface area is 162 Å². The molecule has 0 spiro atoms. The van der Waals surface area contributed by atoms with E-state index in [4.69, 9.17) is 4.42 Å². The monoisotopic (exact) mass is 382 g/mol. The van der Waals surface area contributed by atoms with E-state index in [1.807, 2.05) is 31.2 Å². The summed E-state index contributed by atoms with van der Waals surface area (Å²) < 4.78 is 5.09. The topological polar surface area (TPSA) is 78.7 Å². The zero-order valence-electron chi connectivity index (χ0n) is 15.1. The number of amides is 1. The average molecular weight is 382 g/mol. The number of aliphatic imine (C=N–C) groups is 1. The number of furan rings is 1. The van der Waals surface area contributed by atoms with Crippen LogP contribution in [0, 0.1) is 0 Å². The van der Waals surface area contributed by atoms with Gasteiger partial charge < -0.3 is 20.4 Å². The number of hydrogen-bond donors (Lipinski definition) is 3. The normalized spacial score (nSPS) is 11.2. The second-order valence-corrected chi connectivity index (χ2v) is 6.59. The molecule has 2 heterocycles. The molecular weight excluding hydrogens is 360 g/mol. The molecule has 0 unspecified atom stereocenters. The lowest BCUT2D eigenvalue weighted by Gasteiger charge is -2.11. The van der Waals surface area contributed by atoms with E-state index in [1.165, 1.54) is 11.8 Å². The van der Waals surface area contributed by atoms with Gasteiger partial charge in [-0.1, -0.05) is 12.1 Å². The first-order valence-electron chi connectivity index (χ1n) is 8.71. The largest absolute Gasteiger partial charge is 0.459 e. The molecular formula is C20H22N4O2S. The van der Waals surface area contributed by atoms with Crippen LogP contribution in [-0.2, 0) is 13.1 Å². The Kier molecular flexibility index (Phi) is 6.65. The predicted octanol–water partition coefficient (Wildman–Crippen LogP) is 3.85. The van der Waals surface area contributed by atoms with Gasteiger partial charge in [-0.05, 0) is 59.1 Å². The van der Waals surface area contributed by atoms with Crippen LogP contribution in [0.25, 0.3) is 0 Å². The van der Waals surface area contributed by atoms with Gasteiger partial charge in [-0.3, -0.25) is 4.79 Å². The predicted molar refractivity (Wildman–Crippen MR) is 109 cm³/mol. The van der Waals surface area contributed by atoms with Crippen LogP contribution in [-0.4, -0.2) is 18.4 Å². The van der Waals surface area contributed by atoms with E-state index < -0.39 is 0 Å². The third kappa shape index (κ3) is 5.72. The summed E-state index contributed by atoms with van der Waals surface area (Å²) >= 11 is 1.67. The van der Waals surface area contributed by atoms with Crippen molar-refractivity contribution in [2.24, 2.45) is 4.99 Å². The number of carbonyl (C=O) groups is 1. The van der Waals surface area contributed by atoms with Crippen molar-refractivity contribution in [2.75, 3.05) is 11.9 Å². The molecule has 0 fully saturated rings. The van der Waals surface area contributed by atoms with Gasteiger partial charge in [0.15, 0.2) is 11.7 Å². The van der Waals surface area contributed by atoms with Crippen LogP contribution in [0.2, 0.25) is 0 Å². The molecule has 6 nitrogen and oxygen atoms in total. The Hall–Kier alpha value is -3.06. The van der Waals surface area contributed by atoms with E-state index in [1.54, 1.807) is 23.5 Å². The highest BCUT2D eigenvalue weighted by atomic mass is 32.1. The highest BCUT2D eigenvalue weighted by Crippen LogP contribution is 2.12. The molecule has 0 bridgehead atoms. The van der Waals surface area contributed by atoms with Crippen molar-refractivity contribution in [2.45, 2.75) is 20.0 Å². The molecule has 0 radical (unpaired) electrons. The summed E-state index contributed by atoms with van der Waals surface area (Å²) in [5, 5.41) is 13.5. The van der Waals surface area contributed by atoms with Crippen molar-refractivity contribution in [3.63, 3.8) is 0 Å². The second kappa shape index (κ2) is 9.59. The van der Waals surface area contributed by atoms with E-state index in [0.29, 0.717) is 13.1 Å². The van der Waals surface area contributed by atoms with Gasteiger partial charge >= 0.3 is 0 Å². The van der Waals surface area contributed by atoms with Gasteiger partial charge in [0.1, 0.15) is 0 Å². The number of carbonyl (C=O) groups excluding carboxylic acids is 1. The standard InChI is InChI=1S/C20H22N4O2S/c1-2-21-20(23-13-16-9-11-27-14-16)22-12-15-5-7-17(8-6-15)24-19(25)18-4-3-10-26-18/h3-11,14H,2,12-13H2,1H3,(H,24,25)(H2,21,22,23). The summed E-state index contributed by atoms with van der Waals surface area (Å²) in [6.45, 7) is 4.13. The van der Waals surface area contributed by atoms with E-state index >= 15 is 0 Å². The molecule has 0 aliphatic heterocycles. The first kappa shape index (κ1) is 18.7. The maximum atomic E-state index is 12.0. The Morgan fingerprint density at radius 3 is 2.63 bits per heavy atom.